The van der Waals surface area contributed by atoms with E-state index in [0.29, 0.717) is 52.3 Å². The van der Waals surface area contributed by atoms with E-state index in [4.69, 9.17) is 21.3 Å². The van der Waals surface area contributed by atoms with Crippen molar-refractivity contribution in [2.45, 2.75) is 64.6 Å². The van der Waals surface area contributed by atoms with Gasteiger partial charge in [-0.3, -0.25) is 9.59 Å². The molecule has 0 spiro atoms. The normalized spacial score (nSPS) is 16.4. The molecular weight excluding hydrogens is 585 g/mol. The minimum atomic E-state index is -0.912. The number of ether oxygens (including phenoxy) is 1. The first-order valence-corrected chi connectivity index (χ1v) is 14.3. The third-order valence-electron chi connectivity index (χ3n) is 6.79. The summed E-state index contributed by atoms with van der Waals surface area (Å²) in [6, 6.07) is 13.1. The highest BCUT2D eigenvalue weighted by Gasteiger charge is 2.28. The van der Waals surface area contributed by atoms with E-state index in [1.54, 1.807) is 6.07 Å². The first-order chi connectivity index (χ1) is 18.4. The molecule has 4 rings (SSSR count). The lowest BCUT2D eigenvalue weighted by atomic mass is 9.93. The molecule has 0 radical (unpaired) electrons. The van der Waals surface area contributed by atoms with Crippen LogP contribution in [-0.2, 0) is 9.53 Å². The van der Waals surface area contributed by atoms with E-state index in [1.165, 1.54) is 0 Å². The predicted molar refractivity (Wildman–Crippen MR) is 158 cm³/mol. The molecular formula is C30H34BrClFN3O3. The highest BCUT2D eigenvalue weighted by Crippen LogP contribution is 2.33. The average molecular weight is 619 g/mol. The van der Waals surface area contributed by atoms with Crippen molar-refractivity contribution >= 4 is 56.1 Å². The SMILES string of the molecule is Cc1c(N2CC[C@H](F)C2)nc2ccc(Br)cc2c1C(=O)NCC(CCC(=O)OC(C)(C)C)c1ccccc1Cl. The van der Waals surface area contributed by atoms with Crippen molar-refractivity contribution in [3.05, 3.63) is 68.7 Å². The Bertz CT molecular complexity index is 1380. The van der Waals surface area contributed by atoms with E-state index in [9.17, 15) is 14.0 Å². The van der Waals surface area contributed by atoms with E-state index >= 15 is 0 Å². The number of esters is 1. The second kappa shape index (κ2) is 12.2. The third-order valence-corrected chi connectivity index (χ3v) is 7.63. The molecule has 2 heterocycles. The summed E-state index contributed by atoms with van der Waals surface area (Å²) in [5.41, 5.74) is 2.15. The van der Waals surface area contributed by atoms with Gasteiger partial charge in [-0.1, -0.05) is 45.7 Å². The molecule has 0 aliphatic carbocycles. The van der Waals surface area contributed by atoms with Gasteiger partial charge in [0.2, 0.25) is 0 Å². The smallest absolute Gasteiger partial charge is 0.306 e. The lowest BCUT2D eigenvalue weighted by molar-refractivity contribution is -0.155. The molecule has 1 saturated heterocycles. The molecule has 39 heavy (non-hydrogen) atoms. The van der Waals surface area contributed by atoms with Crippen molar-refractivity contribution in [3.63, 3.8) is 0 Å². The molecule has 208 valence electrons. The number of hydrogen-bond acceptors (Lipinski definition) is 5. The molecule has 1 aliphatic heterocycles. The van der Waals surface area contributed by atoms with E-state index in [-0.39, 0.29) is 37.3 Å². The molecule has 2 aromatic carbocycles. The molecule has 9 heteroatoms. The number of nitrogens with one attached hydrogen (secondary N) is 1. The Labute approximate surface area is 242 Å². The van der Waals surface area contributed by atoms with Crippen LogP contribution in [0.4, 0.5) is 10.2 Å². The van der Waals surface area contributed by atoms with Crippen LogP contribution in [0.2, 0.25) is 5.02 Å². The molecule has 0 saturated carbocycles. The number of aromatic nitrogens is 1. The van der Waals surface area contributed by atoms with E-state index in [2.05, 4.69) is 21.2 Å². The largest absolute Gasteiger partial charge is 0.460 e. The minimum absolute atomic E-state index is 0.191. The quantitative estimate of drug-likeness (QED) is 0.272. The Morgan fingerprint density at radius 1 is 1.26 bits per heavy atom. The van der Waals surface area contributed by atoms with Crippen LogP contribution in [0.3, 0.4) is 0 Å². The Kier molecular flexibility index (Phi) is 9.17. The number of pyridine rings is 1. The number of amides is 1. The van der Waals surface area contributed by atoms with Gasteiger partial charge in [-0.25, -0.2) is 9.37 Å². The zero-order chi connectivity index (χ0) is 28.3. The summed E-state index contributed by atoms with van der Waals surface area (Å²) >= 11 is 10.0. The molecule has 1 N–H and O–H groups in total. The van der Waals surface area contributed by atoms with Gasteiger partial charge in [0.15, 0.2) is 0 Å². The van der Waals surface area contributed by atoms with Crippen LogP contribution in [0.5, 0.6) is 0 Å². The molecule has 2 atom stereocenters. The van der Waals surface area contributed by atoms with Gasteiger partial charge in [-0.05, 0) is 70.4 Å². The van der Waals surface area contributed by atoms with Crippen molar-refractivity contribution in [1.82, 2.24) is 10.3 Å². The maximum Gasteiger partial charge on any atom is 0.306 e. The Balaban J connectivity index is 1.62. The molecule has 1 amide bonds. The van der Waals surface area contributed by atoms with Gasteiger partial charge in [0.05, 0.1) is 17.6 Å². The number of nitrogens with zero attached hydrogens (tertiary/aromatic N) is 2. The first-order valence-electron chi connectivity index (χ1n) is 13.2. The number of rotatable bonds is 8. The first kappa shape index (κ1) is 29.3. The maximum atomic E-state index is 14.0. The fourth-order valence-corrected chi connectivity index (χ4v) is 5.64. The topological polar surface area (TPSA) is 71.5 Å². The molecule has 3 aromatic rings. The number of benzene rings is 2. The zero-order valence-corrected chi connectivity index (χ0v) is 25.0. The van der Waals surface area contributed by atoms with Crippen LogP contribution in [-0.4, -0.2) is 48.3 Å². The van der Waals surface area contributed by atoms with Gasteiger partial charge in [0.25, 0.3) is 5.91 Å². The van der Waals surface area contributed by atoms with Gasteiger partial charge in [-0.15, -0.1) is 0 Å². The number of fused-ring (bicyclic) bond motifs is 1. The molecule has 1 aromatic heterocycles. The summed E-state index contributed by atoms with van der Waals surface area (Å²) in [5, 5.41) is 4.38. The zero-order valence-electron chi connectivity index (χ0n) is 22.7. The van der Waals surface area contributed by atoms with Crippen LogP contribution in [0, 0.1) is 6.92 Å². The fourth-order valence-electron chi connectivity index (χ4n) is 4.99. The standard InChI is InChI=1S/C30H34BrClFN3O3/c1-18-27(23-15-20(31)10-11-25(23)35-28(18)36-14-13-21(33)17-36)29(38)34-16-19(22-7-5-6-8-24(22)32)9-12-26(37)39-30(2,3)4/h5-8,10-11,15,19,21H,9,12-14,16-17H2,1-4H3,(H,34,38)/t19?,21-/m0/s1. The van der Waals surface area contributed by atoms with Crippen LogP contribution < -0.4 is 10.2 Å². The summed E-state index contributed by atoms with van der Waals surface area (Å²) in [7, 11) is 0. The maximum absolute atomic E-state index is 14.0. The monoisotopic (exact) mass is 617 g/mol. The van der Waals surface area contributed by atoms with E-state index in [1.807, 2.05) is 69.0 Å². The van der Waals surface area contributed by atoms with Gasteiger partial charge in [0, 0.05) is 45.9 Å². The number of anilines is 1. The Morgan fingerprint density at radius 3 is 2.67 bits per heavy atom. The molecule has 1 unspecified atom stereocenters. The van der Waals surface area contributed by atoms with Gasteiger partial charge in [0.1, 0.15) is 17.6 Å². The van der Waals surface area contributed by atoms with Crippen molar-refractivity contribution in [2.75, 3.05) is 24.5 Å². The highest BCUT2D eigenvalue weighted by atomic mass is 79.9. The van der Waals surface area contributed by atoms with Crippen LogP contribution in [0.15, 0.2) is 46.9 Å². The highest BCUT2D eigenvalue weighted by molar-refractivity contribution is 9.10. The van der Waals surface area contributed by atoms with E-state index in [0.717, 1.165) is 10.0 Å². The molecule has 1 fully saturated rings. The van der Waals surface area contributed by atoms with Crippen LogP contribution in [0.1, 0.15) is 67.4 Å². The average Bonchev–Trinajstić information content (AvgIpc) is 3.29. The van der Waals surface area contributed by atoms with Crippen LogP contribution in [0.25, 0.3) is 10.9 Å². The lowest BCUT2D eigenvalue weighted by Crippen LogP contribution is -2.31. The van der Waals surface area contributed by atoms with Gasteiger partial charge >= 0.3 is 5.97 Å². The summed E-state index contributed by atoms with van der Waals surface area (Å²) < 4.78 is 20.4. The Morgan fingerprint density at radius 2 is 2.00 bits per heavy atom. The van der Waals surface area contributed by atoms with Gasteiger partial charge < -0.3 is 15.0 Å². The van der Waals surface area contributed by atoms with Crippen molar-refractivity contribution < 1.29 is 18.7 Å². The predicted octanol–water partition coefficient (Wildman–Crippen LogP) is 7.14. The molecule has 1 aliphatic rings. The third kappa shape index (κ3) is 7.28. The molecule has 6 nitrogen and oxygen atoms in total. The second-order valence-electron chi connectivity index (χ2n) is 11.0. The lowest BCUT2D eigenvalue weighted by Gasteiger charge is -2.24. The van der Waals surface area contributed by atoms with Crippen molar-refractivity contribution in [3.8, 4) is 0 Å². The number of carbonyl (C=O) groups excluding carboxylic acids is 2. The summed E-state index contributed by atoms with van der Waals surface area (Å²) in [6.45, 7) is 8.44. The number of halogens is 3. The Hall–Kier alpha value is -2.71. The second-order valence-corrected chi connectivity index (χ2v) is 12.3. The number of alkyl halides is 1. The van der Waals surface area contributed by atoms with Crippen molar-refractivity contribution in [2.24, 2.45) is 0 Å². The van der Waals surface area contributed by atoms with Crippen molar-refractivity contribution in [1.29, 1.82) is 0 Å². The van der Waals surface area contributed by atoms with Crippen LogP contribution >= 0.6 is 27.5 Å². The number of carbonyl (C=O) groups is 2. The molecule has 0 bridgehead atoms. The summed E-state index contributed by atoms with van der Waals surface area (Å²) in [5.74, 6) is -0.138. The fraction of sp³-hybridized carbons (Fsp3) is 0.433. The number of hydrogen-bond donors (Lipinski definition) is 1. The summed E-state index contributed by atoms with van der Waals surface area (Å²) in [4.78, 5) is 33.0. The minimum Gasteiger partial charge on any atom is -0.460 e. The summed E-state index contributed by atoms with van der Waals surface area (Å²) in [6.07, 6.45) is 0.178. The van der Waals surface area contributed by atoms with E-state index < -0.39 is 11.8 Å². The van der Waals surface area contributed by atoms with Gasteiger partial charge in [-0.2, -0.15) is 0 Å².